The molecule has 3 nitrogen and oxygen atoms in total. The number of quaternary nitrogens is 1. The number of aromatic nitrogens is 2. The smallest absolute Gasteiger partial charge is 0.151 e. The molecule has 1 aliphatic rings. The van der Waals surface area contributed by atoms with Crippen LogP contribution in [0.2, 0.25) is 0 Å². The average Bonchev–Trinajstić information content (AvgIpc) is 3.31. The number of rotatable bonds is 3. The van der Waals surface area contributed by atoms with Crippen LogP contribution in [0, 0.1) is 0 Å². The molecule has 1 unspecified atom stereocenters. The highest BCUT2D eigenvalue weighted by Crippen LogP contribution is 2.29. The molecule has 0 bridgehead atoms. The van der Waals surface area contributed by atoms with Crippen LogP contribution in [0.4, 0.5) is 0 Å². The number of hydrogen-bond donors (Lipinski definition) is 1. The summed E-state index contributed by atoms with van der Waals surface area (Å²) in [5, 5.41) is 2.55. The van der Waals surface area contributed by atoms with E-state index in [2.05, 4.69) is 48.5 Å². The Balaban J connectivity index is 1.44. The van der Waals surface area contributed by atoms with E-state index in [9.17, 15) is 0 Å². The maximum atomic E-state index is 4.91. The van der Waals surface area contributed by atoms with Crippen LogP contribution in [0.1, 0.15) is 28.9 Å². The largest absolute Gasteiger partial charge is 0.321 e. The van der Waals surface area contributed by atoms with E-state index in [4.69, 9.17) is 9.97 Å². The molecule has 1 aliphatic heterocycles. The van der Waals surface area contributed by atoms with Crippen molar-refractivity contribution in [2.45, 2.75) is 25.4 Å². The van der Waals surface area contributed by atoms with Gasteiger partial charge in [-0.1, -0.05) is 24.3 Å². The van der Waals surface area contributed by atoms with Gasteiger partial charge in [0.2, 0.25) is 0 Å². The van der Waals surface area contributed by atoms with Crippen molar-refractivity contribution in [3.05, 3.63) is 58.5 Å². The summed E-state index contributed by atoms with van der Waals surface area (Å²) in [5.41, 5.74) is 2.27. The standard InChI is InChI=1S/C19H17N3S2/c1-3-9-16-13(6-1)20-18(23-16)12-22-11-5-8-15(22)19-21-14-7-2-4-10-17(14)24-19/h1-4,6-7,9-10,15H,5,8,11-12H2/p+1/t15-/m0/s1. The summed E-state index contributed by atoms with van der Waals surface area (Å²) < 4.78 is 2.60. The van der Waals surface area contributed by atoms with Crippen molar-refractivity contribution in [1.82, 2.24) is 9.97 Å². The van der Waals surface area contributed by atoms with Gasteiger partial charge in [-0.05, 0) is 24.3 Å². The Kier molecular flexibility index (Phi) is 3.58. The molecule has 2 aromatic heterocycles. The Morgan fingerprint density at radius 1 is 0.917 bits per heavy atom. The van der Waals surface area contributed by atoms with Crippen LogP contribution in [0.3, 0.4) is 0 Å². The summed E-state index contributed by atoms with van der Waals surface area (Å²) in [7, 11) is 0. The minimum Gasteiger partial charge on any atom is -0.321 e. The normalized spacial score (nSPS) is 21.0. The average molecular weight is 353 g/mol. The molecule has 5 heteroatoms. The first kappa shape index (κ1) is 14.5. The van der Waals surface area contributed by atoms with Crippen molar-refractivity contribution < 1.29 is 4.90 Å². The maximum absolute atomic E-state index is 4.91. The summed E-state index contributed by atoms with van der Waals surface area (Å²) in [6.45, 7) is 2.23. The Hall–Kier alpha value is -1.82. The maximum Gasteiger partial charge on any atom is 0.151 e. The molecule has 0 saturated carbocycles. The zero-order valence-corrected chi connectivity index (χ0v) is 14.9. The molecular formula is C19H18N3S2+. The van der Waals surface area contributed by atoms with E-state index in [0.717, 1.165) is 17.6 Å². The minimum absolute atomic E-state index is 0.523. The summed E-state index contributed by atoms with van der Waals surface area (Å²) in [4.78, 5) is 11.4. The quantitative estimate of drug-likeness (QED) is 0.607. The van der Waals surface area contributed by atoms with Gasteiger partial charge in [0.05, 0.1) is 27.0 Å². The molecule has 0 amide bonds. The van der Waals surface area contributed by atoms with Crippen LogP contribution in [0.25, 0.3) is 20.4 Å². The first-order chi connectivity index (χ1) is 11.9. The molecule has 3 heterocycles. The van der Waals surface area contributed by atoms with Crippen molar-refractivity contribution >= 4 is 43.1 Å². The molecule has 0 spiro atoms. The first-order valence-electron chi connectivity index (χ1n) is 8.41. The number of hydrogen-bond acceptors (Lipinski definition) is 4. The fourth-order valence-corrected chi connectivity index (χ4v) is 5.83. The molecule has 0 aliphatic carbocycles. The molecule has 1 fully saturated rings. The number of thiazole rings is 2. The number of fused-ring (bicyclic) bond motifs is 2. The lowest BCUT2D eigenvalue weighted by Crippen LogP contribution is -3.08. The van der Waals surface area contributed by atoms with Gasteiger partial charge >= 0.3 is 0 Å². The van der Waals surface area contributed by atoms with Crippen molar-refractivity contribution in [3.8, 4) is 0 Å². The molecule has 120 valence electrons. The summed E-state index contributed by atoms with van der Waals surface area (Å²) in [6, 6.07) is 17.4. The highest BCUT2D eigenvalue weighted by atomic mass is 32.1. The fraction of sp³-hybridized carbons (Fsp3) is 0.263. The van der Waals surface area contributed by atoms with Crippen LogP contribution in [-0.2, 0) is 6.54 Å². The van der Waals surface area contributed by atoms with Crippen LogP contribution in [-0.4, -0.2) is 16.5 Å². The lowest BCUT2D eigenvalue weighted by atomic mass is 10.2. The fourth-order valence-electron chi connectivity index (χ4n) is 3.65. The molecule has 1 N–H and O–H groups in total. The second-order valence-corrected chi connectivity index (χ2v) is 8.55. The number of nitrogens with zero attached hydrogens (tertiary/aromatic N) is 2. The zero-order chi connectivity index (χ0) is 15.9. The Labute approximate surface area is 148 Å². The van der Waals surface area contributed by atoms with Gasteiger partial charge in [-0.3, -0.25) is 0 Å². The van der Waals surface area contributed by atoms with Gasteiger partial charge in [0.15, 0.2) is 5.01 Å². The van der Waals surface area contributed by atoms with Crippen LogP contribution >= 0.6 is 22.7 Å². The zero-order valence-electron chi connectivity index (χ0n) is 13.2. The van der Waals surface area contributed by atoms with E-state index < -0.39 is 0 Å². The molecular weight excluding hydrogens is 334 g/mol. The van der Waals surface area contributed by atoms with Crippen LogP contribution in [0.5, 0.6) is 0 Å². The topological polar surface area (TPSA) is 30.2 Å². The van der Waals surface area contributed by atoms with E-state index >= 15 is 0 Å². The van der Waals surface area contributed by atoms with Crippen molar-refractivity contribution in [2.24, 2.45) is 0 Å². The third-order valence-electron chi connectivity index (χ3n) is 4.81. The van der Waals surface area contributed by atoms with E-state index in [1.165, 1.54) is 38.8 Å². The third-order valence-corrected chi connectivity index (χ3v) is 6.99. The number of nitrogens with one attached hydrogen (secondary N) is 1. The minimum atomic E-state index is 0.523. The second kappa shape index (κ2) is 5.92. The summed E-state index contributed by atoms with van der Waals surface area (Å²) in [6.07, 6.45) is 2.51. The van der Waals surface area contributed by atoms with Crippen molar-refractivity contribution in [1.29, 1.82) is 0 Å². The highest BCUT2D eigenvalue weighted by Gasteiger charge is 2.33. The van der Waals surface area contributed by atoms with E-state index in [0.29, 0.717) is 6.04 Å². The number of likely N-dealkylation sites (tertiary alicyclic amines) is 1. The molecule has 4 aromatic rings. The van der Waals surface area contributed by atoms with Gasteiger partial charge in [-0.2, -0.15) is 0 Å². The Morgan fingerprint density at radius 3 is 2.38 bits per heavy atom. The van der Waals surface area contributed by atoms with Gasteiger partial charge in [0.1, 0.15) is 17.6 Å². The summed E-state index contributed by atoms with van der Waals surface area (Å²) in [5.74, 6) is 0. The third kappa shape index (κ3) is 2.53. The number of benzene rings is 2. The van der Waals surface area contributed by atoms with Gasteiger partial charge < -0.3 is 4.90 Å². The first-order valence-corrected chi connectivity index (χ1v) is 10.0. The molecule has 0 radical (unpaired) electrons. The monoisotopic (exact) mass is 352 g/mol. The van der Waals surface area contributed by atoms with Gasteiger partial charge in [0.25, 0.3) is 0 Å². The van der Waals surface area contributed by atoms with Gasteiger partial charge in [0, 0.05) is 12.8 Å². The van der Waals surface area contributed by atoms with E-state index in [-0.39, 0.29) is 0 Å². The second-order valence-electron chi connectivity index (χ2n) is 6.37. The van der Waals surface area contributed by atoms with E-state index in [1.807, 2.05) is 22.7 Å². The Morgan fingerprint density at radius 2 is 1.62 bits per heavy atom. The lowest BCUT2D eigenvalue weighted by Gasteiger charge is -2.18. The van der Waals surface area contributed by atoms with Crippen LogP contribution < -0.4 is 4.90 Å². The van der Waals surface area contributed by atoms with Gasteiger partial charge in [-0.25, -0.2) is 9.97 Å². The molecule has 2 aromatic carbocycles. The predicted molar refractivity (Wildman–Crippen MR) is 101 cm³/mol. The molecule has 1 saturated heterocycles. The van der Waals surface area contributed by atoms with Crippen molar-refractivity contribution in [2.75, 3.05) is 6.54 Å². The van der Waals surface area contributed by atoms with Gasteiger partial charge in [-0.15, -0.1) is 22.7 Å². The van der Waals surface area contributed by atoms with Crippen LogP contribution in [0.15, 0.2) is 48.5 Å². The number of para-hydroxylation sites is 2. The SMILES string of the molecule is c1ccc2sc(C[NH+]3CCC[C@H]3c3nc4ccccc4s3)nc2c1. The summed E-state index contributed by atoms with van der Waals surface area (Å²) >= 11 is 3.70. The molecule has 5 rings (SSSR count). The lowest BCUT2D eigenvalue weighted by molar-refractivity contribution is -0.931. The predicted octanol–water partition coefficient (Wildman–Crippen LogP) is 3.83. The van der Waals surface area contributed by atoms with E-state index in [1.54, 1.807) is 4.90 Å². The molecule has 24 heavy (non-hydrogen) atoms. The highest BCUT2D eigenvalue weighted by molar-refractivity contribution is 7.18. The Bertz CT molecular complexity index is 938. The van der Waals surface area contributed by atoms with Crippen molar-refractivity contribution in [3.63, 3.8) is 0 Å². The molecule has 2 atom stereocenters.